The Kier molecular flexibility index (Phi) is 4.07. The lowest BCUT2D eigenvalue weighted by atomic mass is 9.58. The van der Waals surface area contributed by atoms with Crippen LogP contribution in [0, 0.1) is 6.92 Å². The van der Waals surface area contributed by atoms with Gasteiger partial charge in [0.25, 0.3) is 0 Å². The van der Waals surface area contributed by atoms with Crippen molar-refractivity contribution in [2.45, 2.75) is 57.9 Å². The average molecular weight is 381 g/mol. The number of fused-ring (bicyclic) bond motifs is 3. The van der Waals surface area contributed by atoms with Crippen LogP contribution in [-0.4, -0.2) is 0 Å². The molecule has 1 heteroatoms. The van der Waals surface area contributed by atoms with E-state index in [0.29, 0.717) is 0 Å². The van der Waals surface area contributed by atoms with E-state index in [-0.39, 0.29) is 11.0 Å². The molecule has 3 aromatic rings. The molecule has 2 aromatic carbocycles. The van der Waals surface area contributed by atoms with Crippen LogP contribution >= 0.6 is 0 Å². The van der Waals surface area contributed by atoms with Crippen molar-refractivity contribution in [3.05, 3.63) is 89.6 Å². The molecule has 1 nitrogen and oxygen atoms in total. The Morgan fingerprint density at radius 3 is 2.31 bits per heavy atom. The third-order valence-corrected chi connectivity index (χ3v) is 7.58. The minimum atomic E-state index is 0.0321. The first-order chi connectivity index (χ1) is 14.0. The quantitative estimate of drug-likeness (QED) is 0.349. The molecule has 0 spiro atoms. The molecule has 1 aromatic heterocycles. The van der Waals surface area contributed by atoms with Crippen molar-refractivity contribution < 1.29 is 4.57 Å². The van der Waals surface area contributed by atoms with Crippen molar-refractivity contribution in [2.75, 3.05) is 0 Å². The highest BCUT2D eigenvalue weighted by Crippen LogP contribution is 2.56. The van der Waals surface area contributed by atoms with Crippen molar-refractivity contribution in [3.63, 3.8) is 0 Å². The van der Waals surface area contributed by atoms with Gasteiger partial charge in [0.05, 0.1) is 11.0 Å². The Morgan fingerprint density at radius 1 is 0.897 bits per heavy atom. The number of benzene rings is 2. The second kappa shape index (κ2) is 6.42. The Bertz CT molecular complexity index is 1120. The molecule has 0 radical (unpaired) electrons. The number of rotatable bonds is 4. The zero-order valence-electron chi connectivity index (χ0n) is 18.0. The predicted octanol–water partition coefficient (Wildman–Crippen LogP) is 6.73. The molecule has 146 valence electrons. The minimum absolute atomic E-state index is 0.0321. The highest BCUT2D eigenvalue weighted by molar-refractivity contribution is 5.75. The smallest absolute Gasteiger partial charge is 0.188 e. The van der Waals surface area contributed by atoms with Gasteiger partial charge in [0.2, 0.25) is 5.69 Å². The molecule has 0 fully saturated rings. The molecular weight excluding hydrogens is 350 g/mol. The molecule has 0 amide bonds. The molecular formula is C28H30N+. The van der Waals surface area contributed by atoms with E-state index in [1.807, 2.05) is 0 Å². The molecule has 0 saturated heterocycles. The molecule has 2 atom stereocenters. The molecule has 2 unspecified atom stereocenters. The summed E-state index contributed by atoms with van der Waals surface area (Å²) in [6.45, 7) is 9.45. The lowest BCUT2D eigenvalue weighted by Crippen LogP contribution is -2.69. The summed E-state index contributed by atoms with van der Waals surface area (Å²) in [5, 5.41) is 0. The first-order valence-electron chi connectivity index (χ1n) is 11.0. The molecule has 29 heavy (non-hydrogen) atoms. The monoisotopic (exact) mass is 380 g/mol. The van der Waals surface area contributed by atoms with Gasteiger partial charge < -0.3 is 0 Å². The molecule has 1 aliphatic heterocycles. The summed E-state index contributed by atoms with van der Waals surface area (Å²) in [4.78, 5) is 0. The number of hydrogen-bond acceptors (Lipinski definition) is 0. The van der Waals surface area contributed by atoms with Gasteiger partial charge in [-0.3, -0.25) is 0 Å². The van der Waals surface area contributed by atoms with Crippen LogP contribution in [0.4, 0.5) is 0 Å². The van der Waals surface area contributed by atoms with E-state index in [4.69, 9.17) is 0 Å². The van der Waals surface area contributed by atoms with E-state index in [2.05, 4.69) is 105 Å². The number of pyridine rings is 1. The lowest BCUT2D eigenvalue weighted by molar-refractivity contribution is -0.758. The summed E-state index contributed by atoms with van der Waals surface area (Å²) < 4.78 is 2.63. The zero-order chi connectivity index (χ0) is 20.2. The van der Waals surface area contributed by atoms with Gasteiger partial charge in [0.1, 0.15) is 0 Å². The van der Waals surface area contributed by atoms with E-state index in [1.165, 1.54) is 33.5 Å². The number of aryl methyl sites for hydroxylation is 1. The first-order valence-corrected chi connectivity index (χ1v) is 11.0. The molecule has 5 rings (SSSR count). The van der Waals surface area contributed by atoms with Crippen LogP contribution in [0.1, 0.15) is 51.2 Å². The maximum Gasteiger partial charge on any atom is 0.213 e. The van der Waals surface area contributed by atoms with Crippen molar-refractivity contribution in [2.24, 2.45) is 0 Å². The molecule has 0 bridgehead atoms. The Hall–Kier alpha value is -2.67. The van der Waals surface area contributed by atoms with E-state index >= 15 is 0 Å². The molecule has 2 heterocycles. The third kappa shape index (κ3) is 2.43. The second-order valence-electron chi connectivity index (χ2n) is 8.92. The van der Waals surface area contributed by atoms with Crippen LogP contribution in [0.2, 0.25) is 0 Å². The highest BCUT2D eigenvalue weighted by Gasteiger charge is 2.62. The maximum atomic E-state index is 2.63. The van der Waals surface area contributed by atoms with Crippen LogP contribution < -0.4 is 4.57 Å². The largest absolute Gasteiger partial charge is 0.213 e. The van der Waals surface area contributed by atoms with Gasteiger partial charge >= 0.3 is 0 Å². The number of aromatic nitrogens is 1. The van der Waals surface area contributed by atoms with Crippen LogP contribution in [0.5, 0.6) is 0 Å². The van der Waals surface area contributed by atoms with Gasteiger partial charge in [0, 0.05) is 23.6 Å². The fourth-order valence-electron chi connectivity index (χ4n) is 5.85. The van der Waals surface area contributed by atoms with Crippen LogP contribution in [0.15, 0.2) is 78.5 Å². The van der Waals surface area contributed by atoms with Crippen LogP contribution in [-0.2, 0) is 11.0 Å². The Balaban J connectivity index is 1.84. The summed E-state index contributed by atoms with van der Waals surface area (Å²) in [6, 6.07) is 22.5. The number of nitrogens with zero attached hydrogens (tertiary/aromatic N) is 1. The minimum Gasteiger partial charge on any atom is -0.188 e. The maximum absolute atomic E-state index is 2.63. The molecule has 1 aliphatic carbocycles. The summed E-state index contributed by atoms with van der Waals surface area (Å²) in [6.07, 6.45) is 8.23. The van der Waals surface area contributed by atoms with Gasteiger partial charge in [-0.2, -0.15) is 4.57 Å². The summed E-state index contributed by atoms with van der Waals surface area (Å²) in [5.74, 6) is 0. The third-order valence-electron chi connectivity index (χ3n) is 7.58. The average Bonchev–Trinajstić information content (AvgIpc) is 3.60. The Morgan fingerprint density at radius 2 is 1.66 bits per heavy atom. The van der Waals surface area contributed by atoms with Crippen molar-refractivity contribution in [1.82, 2.24) is 0 Å². The summed E-state index contributed by atoms with van der Waals surface area (Å²) >= 11 is 0. The fraction of sp³-hybridized carbons (Fsp3) is 0.321. The topological polar surface area (TPSA) is 3.88 Å². The fourth-order valence-corrected chi connectivity index (χ4v) is 5.85. The lowest BCUT2D eigenvalue weighted by Gasteiger charge is -2.47. The van der Waals surface area contributed by atoms with Gasteiger partial charge in [-0.05, 0) is 55.5 Å². The highest BCUT2D eigenvalue weighted by atomic mass is 15.1. The predicted molar refractivity (Wildman–Crippen MR) is 121 cm³/mol. The van der Waals surface area contributed by atoms with E-state index in [0.717, 1.165) is 19.3 Å². The first kappa shape index (κ1) is 18.4. The van der Waals surface area contributed by atoms with Gasteiger partial charge in [-0.1, -0.05) is 62.4 Å². The van der Waals surface area contributed by atoms with Crippen LogP contribution in [0.25, 0.3) is 22.4 Å². The van der Waals surface area contributed by atoms with Crippen molar-refractivity contribution in [1.29, 1.82) is 0 Å². The van der Waals surface area contributed by atoms with Crippen molar-refractivity contribution in [3.8, 4) is 22.4 Å². The van der Waals surface area contributed by atoms with E-state index in [9.17, 15) is 0 Å². The SMILES string of the molecule is CCC1(C)c2ccc(-c3ccccc3)cc2-c2ccc(C)c[n+]2C1(CC)C1=CC1. The van der Waals surface area contributed by atoms with Crippen LogP contribution in [0.3, 0.4) is 0 Å². The van der Waals surface area contributed by atoms with Crippen molar-refractivity contribution >= 4 is 0 Å². The van der Waals surface area contributed by atoms with Gasteiger partial charge in [0.15, 0.2) is 11.7 Å². The van der Waals surface area contributed by atoms with Gasteiger partial charge in [-0.25, -0.2) is 0 Å². The molecule has 2 aliphatic rings. The number of allylic oxidation sites excluding steroid dienone is 2. The standard InChI is InChI=1S/C28H30N/c1-5-27(4)25-16-13-22(21-10-8-7-9-11-21)18-24(25)26-17-12-20(3)19-29(26)28(27,6-2)23-14-15-23/h7-14,16-19H,5-6,15H2,1-4H3/q+1. The normalized spacial score (nSPS) is 24.5. The van der Waals surface area contributed by atoms with Gasteiger partial charge in [-0.15, -0.1) is 0 Å². The number of hydrogen-bond donors (Lipinski definition) is 0. The molecule has 0 N–H and O–H groups in total. The van der Waals surface area contributed by atoms with E-state index in [1.54, 1.807) is 5.57 Å². The summed E-state index contributed by atoms with van der Waals surface area (Å²) in [7, 11) is 0. The zero-order valence-corrected chi connectivity index (χ0v) is 18.0. The summed E-state index contributed by atoms with van der Waals surface area (Å²) in [5.41, 5.74) is 9.86. The Labute approximate surface area is 174 Å². The second-order valence-corrected chi connectivity index (χ2v) is 8.92. The molecule has 0 saturated carbocycles. The van der Waals surface area contributed by atoms with E-state index < -0.39 is 0 Å².